The second-order valence-corrected chi connectivity index (χ2v) is 4.11. The number of benzene rings is 1. The quantitative estimate of drug-likeness (QED) is 0.723. The molecule has 0 aliphatic heterocycles. The third-order valence-corrected chi connectivity index (χ3v) is 2.69. The lowest BCUT2D eigenvalue weighted by Gasteiger charge is -2.11. The van der Waals surface area contributed by atoms with Crippen LogP contribution < -0.4 is 10.1 Å². The Morgan fingerprint density at radius 1 is 1.47 bits per heavy atom. The molecular weight excluding hydrogens is 246 g/mol. The summed E-state index contributed by atoms with van der Waals surface area (Å²) in [5, 5.41) is 26.7. The molecule has 0 spiro atoms. The zero-order chi connectivity index (χ0) is 13.7. The lowest BCUT2D eigenvalue weighted by molar-refractivity contribution is 0.317. The Labute approximate surface area is 111 Å². The summed E-state index contributed by atoms with van der Waals surface area (Å²) in [6.45, 7) is 4.97. The van der Waals surface area contributed by atoms with Gasteiger partial charge in [-0.15, -0.1) is 10.2 Å². The van der Waals surface area contributed by atoms with Gasteiger partial charge in [0.2, 0.25) is 0 Å². The first kappa shape index (κ1) is 13.3. The van der Waals surface area contributed by atoms with Gasteiger partial charge >= 0.3 is 0 Å². The van der Waals surface area contributed by atoms with Crippen molar-refractivity contribution in [3.63, 3.8) is 0 Å². The third kappa shape index (κ3) is 3.41. The maximum absolute atomic E-state index is 9.62. The van der Waals surface area contributed by atoms with Crippen molar-refractivity contribution in [1.29, 1.82) is 0 Å². The zero-order valence-electron chi connectivity index (χ0n) is 10.9. The molecule has 0 fully saturated rings. The van der Waals surface area contributed by atoms with Crippen molar-refractivity contribution in [2.45, 2.75) is 26.4 Å². The minimum atomic E-state index is -0.0110. The summed E-state index contributed by atoms with van der Waals surface area (Å²) in [5.41, 5.74) is 1.01. The van der Waals surface area contributed by atoms with Crippen molar-refractivity contribution in [1.82, 2.24) is 25.9 Å². The number of nitrogens with one attached hydrogen (secondary N) is 2. The molecule has 0 radical (unpaired) electrons. The lowest BCUT2D eigenvalue weighted by Crippen LogP contribution is -2.19. The molecule has 1 aromatic heterocycles. The highest BCUT2D eigenvalue weighted by Crippen LogP contribution is 2.26. The summed E-state index contributed by atoms with van der Waals surface area (Å²) in [4.78, 5) is 0. The van der Waals surface area contributed by atoms with Crippen molar-refractivity contribution in [3.05, 3.63) is 29.6 Å². The topological polar surface area (TPSA) is 96.0 Å². The number of H-pyrrole nitrogens is 1. The number of rotatable bonds is 6. The first-order valence-electron chi connectivity index (χ1n) is 6.12. The van der Waals surface area contributed by atoms with Gasteiger partial charge in [0.05, 0.1) is 12.6 Å². The molecule has 7 nitrogen and oxygen atoms in total. The van der Waals surface area contributed by atoms with Crippen LogP contribution in [0.2, 0.25) is 0 Å². The van der Waals surface area contributed by atoms with Crippen LogP contribution in [0.5, 0.6) is 11.5 Å². The van der Waals surface area contributed by atoms with Crippen LogP contribution >= 0.6 is 0 Å². The van der Waals surface area contributed by atoms with Crippen LogP contribution in [0, 0.1) is 0 Å². The average molecular weight is 263 g/mol. The summed E-state index contributed by atoms with van der Waals surface area (Å²) < 4.78 is 5.34. The monoisotopic (exact) mass is 263 g/mol. The zero-order valence-corrected chi connectivity index (χ0v) is 10.9. The number of aromatic amines is 1. The number of tetrazole rings is 1. The molecule has 0 saturated carbocycles. The first-order chi connectivity index (χ1) is 9.20. The Bertz CT molecular complexity index is 515. The Morgan fingerprint density at radius 2 is 2.32 bits per heavy atom. The molecule has 1 aromatic carbocycles. The lowest BCUT2D eigenvalue weighted by atomic mass is 10.2. The molecule has 2 rings (SSSR count). The van der Waals surface area contributed by atoms with Gasteiger partial charge in [-0.25, -0.2) is 0 Å². The number of ether oxygens (including phenoxy) is 1. The van der Waals surface area contributed by atoms with Crippen molar-refractivity contribution < 1.29 is 9.84 Å². The van der Waals surface area contributed by atoms with Crippen LogP contribution in [-0.2, 0) is 6.54 Å². The molecule has 2 aromatic rings. The van der Waals surface area contributed by atoms with Crippen LogP contribution in [0.25, 0.3) is 0 Å². The van der Waals surface area contributed by atoms with Gasteiger partial charge in [-0.3, -0.25) is 0 Å². The first-order valence-corrected chi connectivity index (χ1v) is 6.12. The van der Waals surface area contributed by atoms with Gasteiger partial charge in [0.1, 0.15) is 0 Å². The smallest absolute Gasteiger partial charge is 0.191 e. The maximum atomic E-state index is 9.62. The van der Waals surface area contributed by atoms with Crippen LogP contribution in [0.3, 0.4) is 0 Å². The molecule has 0 aliphatic rings. The number of phenolic OH excluding ortho intramolecular Hbond substituents is 1. The molecule has 19 heavy (non-hydrogen) atoms. The number of aromatic nitrogens is 4. The van der Waals surface area contributed by atoms with Gasteiger partial charge in [-0.2, -0.15) is 5.21 Å². The van der Waals surface area contributed by atoms with Gasteiger partial charge in [-0.05, 0) is 31.5 Å². The number of hydrogen-bond acceptors (Lipinski definition) is 6. The van der Waals surface area contributed by atoms with Gasteiger partial charge in [-0.1, -0.05) is 11.3 Å². The minimum Gasteiger partial charge on any atom is -0.504 e. The van der Waals surface area contributed by atoms with E-state index < -0.39 is 0 Å². The van der Waals surface area contributed by atoms with E-state index in [1.807, 2.05) is 26.0 Å². The van der Waals surface area contributed by atoms with Crippen LogP contribution in [0.4, 0.5) is 0 Å². The Balaban J connectivity index is 1.97. The number of nitrogens with zero attached hydrogens (tertiary/aromatic N) is 3. The van der Waals surface area contributed by atoms with Gasteiger partial charge in [0.15, 0.2) is 17.3 Å². The van der Waals surface area contributed by atoms with E-state index >= 15 is 0 Å². The van der Waals surface area contributed by atoms with Crippen molar-refractivity contribution in [2.75, 3.05) is 6.61 Å². The molecule has 1 atom stereocenters. The van der Waals surface area contributed by atoms with E-state index in [0.717, 1.165) is 5.56 Å². The van der Waals surface area contributed by atoms with Gasteiger partial charge in [0.25, 0.3) is 0 Å². The van der Waals surface area contributed by atoms with E-state index in [-0.39, 0.29) is 11.8 Å². The average Bonchev–Trinajstić information content (AvgIpc) is 2.93. The molecule has 0 aliphatic carbocycles. The van der Waals surface area contributed by atoms with Crippen LogP contribution in [0.15, 0.2) is 18.2 Å². The maximum Gasteiger partial charge on any atom is 0.191 e. The van der Waals surface area contributed by atoms with Crippen molar-refractivity contribution in [2.24, 2.45) is 0 Å². The van der Waals surface area contributed by atoms with E-state index in [1.54, 1.807) is 6.07 Å². The number of hydrogen-bond donors (Lipinski definition) is 3. The largest absolute Gasteiger partial charge is 0.504 e. The summed E-state index contributed by atoms with van der Waals surface area (Å²) in [5.74, 6) is 1.26. The van der Waals surface area contributed by atoms with E-state index in [1.165, 1.54) is 0 Å². The van der Waals surface area contributed by atoms with Gasteiger partial charge in [0, 0.05) is 6.54 Å². The molecule has 102 valence electrons. The number of aromatic hydroxyl groups is 1. The summed E-state index contributed by atoms with van der Waals surface area (Å²) in [7, 11) is 0. The fraction of sp³-hybridized carbons (Fsp3) is 0.417. The van der Waals surface area contributed by atoms with Crippen LogP contribution in [0.1, 0.15) is 31.3 Å². The third-order valence-electron chi connectivity index (χ3n) is 2.69. The predicted molar refractivity (Wildman–Crippen MR) is 68.7 cm³/mol. The van der Waals surface area contributed by atoms with Crippen LogP contribution in [-0.4, -0.2) is 32.3 Å². The summed E-state index contributed by atoms with van der Waals surface area (Å²) in [6, 6.07) is 5.27. The summed E-state index contributed by atoms with van der Waals surface area (Å²) >= 11 is 0. The molecule has 3 N–H and O–H groups in total. The fourth-order valence-corrected chi connectivity index (χ4v) is 1.65. The Hall–Kier alpha value is -2.15. The fourth-order valence-electron chi connectivity index (χ4n) is 1.65. The molecule has 1 heterocycles. The predicted octanol–water partition coefficient (Wildman–Crippen LogP) is 1.15. The molecule has 0 saturated heterocycles. The molecule has 1 unspecified atom stereocenters. The van der Waals surface area contributed by atoms with Crippen molar-refractivity contribution >= 4 is 0 Å². The second kappa shape index (κ2) is 6.14. The SMILES string of the molecule is CCOc1cc(CNC(C)c2nn[nH]n2)ccc1O. The number of phenols is 1. The Kier molecular flexibility index (Phi) is 4.30. The normalized spacial score (nSPS) is 12.3. The summed E-state index contributed by atoms with van der Waals surface area (Å²) in [6.07, 6.45) is 0. The van der Waals surface area contributed by atoms with E-state index in [0.29, 0.717) is 24.7 Å². The van der Waals surface area contributed by atoms with Gasteiger partial charge < -0.3 is 15.2 Å². The minimum absolute atomic E-state index is 0.0110. The molecule has 0 amide bonds. The second-order valence-electron chi connectivity index (χ2n) is 4.11. The highest BCUT2D eigenvalue weighted by atomic mass is 16.5. The highest BCUT2D eigenvalue weighted by Gasteiger charge is 2.10. The van der Waals surface area contributed by atoms with E-state index in [9.17, 15) is 5.11 Å². The molecule has 0 bridgehead atoms. The Morgan fingerprint density at radius 3 is 3.00 bits per heavy atom. The molecular formula is C12H17N5O2. The highest BCUT2D eigenvalue weighted by molar-refractivity contribution is 5.41. The standard InChI is InChI=1S/C12H17N5O2/c1-3-19-11-6-9(4-5-10(11)18)7-13-8(2)12-14-16-17-15-12/h4-6,8,13,18H,3,7H2,1-2H3,(H,14,15,16,17). The van der Waals surface area contributed by atoms with E-state index in [2.05, 4.69) is 25.9 Å². The molecule has 7 heteroatoms. The van der Waals surface area contributed by atoms with Crippen molar-refractivity contribution in [3.8, 4) is 11.5 Å². The van der Waals surface area contributed by atoms with E-state index in [4.69, 9.17) is 4.74 Å².